The number of imidazole rings is 2. The number of aromatic amines is 2. The maximum absolute atomic E-state index is 13.8. The molecular formula is C41H46N6O3. The Labute approximate surface area is 293 Å². The average molecular weight is 671 g/mol. The molecule has 8 rings (SSSR count). The van der Waals surface area contributed by atoms with Crippen molar-refractivity contribution in [2.75, 3.05) is 13.7 Å². The minimum atomic E-state index is -0.659. The molecule has 3 fully saturated rings. The SMILES string of the molecule is COC(=O)N[C@H](C(=O)N1CC2(CC2)C[C@H]1c1ncc(-c2ccc(-c3ccc4cc(-c5cnc(CC6CCCC6)[nH]5)ccc4c3)cc2)[nH]1)C(C)C. The fourth-order valence-electron chi connectivity index (χ4n) is 8.14. The maximum atomic E-state index is 13.8. The first-order valence-corrected chi connectivity index (χ1v) is 18.2. The Morgan fingerprint density at radius 1 is 0.880 bits per heavy atom. The highest BCUT2D eigenvalue weighted by Gasteiger charge is 2.55. The average Bonchev–Trinajstić information content (AvgIpc) is 3.67. The Hall–Kier alpha value is -4.92. The van der Waals surface area contributed by atoms with Gasteiger partial charge in [-0.2, -0.15) is 0 Å². The first kappa shape index (κ1) is 32.3. The van der Waals surface area contributed by atoms with E-state index in [0.29, 0.717) is 6.54 Å². The number of hydrogen-bond acceptors (Lipinski definition) is 5. The standard InChI is InChI=1S/C41H46N6O3/c1-25(2)37(46-40(49)50-3)39(48)47-24-41(16-17-41)21-35(47)38-43-23-33(45-38)28-10-8-27(9-11-28)29-12-13-31-20-32(15-14-30(31)19-29)34-22-42-36(44-34)18-26-6-4-5-7-26/h8-15,19-20,22-23,25-26,35,37H,4-7,16-18,21,24H2,1-3H3,(H,42,44)(H,43,45)(H,46,49)/t35-,37-/m0/s1. The molecule has 3 aromatic carbocycles. The summed E-state index contributed by atoms with van der Waals surface area (Å²) in [6.45, 7) is 4.56. The summed E-state index contributed by atoms with van der Waals surface area (Å²) < 4.78 is 4.81. The molecule has 0 radical (unpaired) electrons. The quantitative estimate of drug-likeness (QED) is 0.146. The van der Waals surface area contributed by atoms with E-state index in [1.165, 1.54) is 43.6 Å². The third-order valence-corrected chi connectivity index (χ3v) is 11.3. The van der Waals surface area contributed by atoms with E-state index in [9.17, 15) is 9.59 Å². The van der Waals surface area contributed by atoms with Gasteiger partial charge in [-0.3, -0.25) is 4.79 Å². The minimum absolute atomic E-state index is 0.0787. The normalized spacial score (nSPS) is 19.0. The highest BCUT2D eigenvalue weighted by Crippen LogP contribution is 2.58. The van der Waals surface area contributed by atoms with Crippen LogP contribution in [0.3, 0.4) is 0 Å². The predicted octanol–water partition coefficient (Wildman–Crippen LogP) is 8.45. The van der Waals surface area contributed by atoms with Crippen LogP contribution in [-0.2, 0) is 16.0 Å². The van der Waals surface area contributed by atoms with Gasteiger partial charge < -0.3 is 24.9 Å². The Balaban J connectivity index is 0.970. The Morgan fingerprint density at radius 2 is 1.52 bits per heavy atom. The number of alkyl carbamates (subject to hydrolysis) is 1. The van der Waals surface area contributed by atoms with Crippen LogP contribution in [0.25, 0.3) is 44.4 Å². The lowest BCUT2D eigenvalue weighted by molar-refractivity contribution is -0.135. The molecule has 2 atom stereocenters. The smallest absolute Gasteiger partial charge is 0.407 e. The molecule has 0 bridgehead atoms. The van der Waals surface area contributed by atoms with Gasteiger partial charge in [0.1, 0.15) is 17.7 Å². The van der Waals surface area contributed by atoms with E-state index >= 15 is 0 Å². The van der Waals surface area contributed by atoms with Gasteiger partial charge in [0.2, 0.25) is 5.91 Å². The highest BCUT2D eigenvalue weighted by molar-refractivity contribution is 5.90. The van der Waals surface area contributed by atoms with Crippen molar-refractivity contribution in [3.05, 3.63) is 84.7 Å². The van der Waals surface area contributed by atoms with E-state index in [-0.39, 0.29) is 23.3 Å². The number of fused-ring (bicyclic) bond motifs is 1. The summed E-state index contributed by atoms with van der Waals surface area (Å²) in [7, 11) is 1.32. The van der Waals surface area contributed by atoms with Crippen LogP contribution in [0, 0.1) is 17.3 Å². The lowest BCUT2D eigenvalue weighted by Crippen LogP contribution is -2.51. The van der Waals surface area contributed by atoms with E-state index in [1.807, 2.05) is 31.1 Å². The van der Waals surface area contributed by atoms with Crippen molar-refractivity contribution in [3.8, 4) is 33.6 Å². The summed E-state index contributed by atoms with van der Waals surface area (Å²) in [5.74, 6) is 2.50. The van der Waals surface area contributed by atoms with Crippen LogP contribution < -0.4 is 5.32 Å². The van der Waals surface area contributed by atoms with Gasteiger partial charge in [-0.25, -0.2) is 14.8 Å². The van der Waals surface area contributed by atoms with Crippen molar-refractivity contribution < 1.29 is 14.3 Å². The van der Waals surface area contributed by atoms with E-state index < -0.39 is 12.1 Å². The molecule has 1 spiro atoms. The van der Waals surface area contributed by atoms with Crippen LogP contribution in [0.15, 0.2) is 73.1 Å². The van der Waals surface area contributed by atoms with Crippen molar-refractivity contribution in [1.82, 2.24) is 30.2 Å². The number of nitrogens with zero attached hydrogens (tertiary/aromatic N) is 3. The number of H-pyrrole nitrogens is 2. The molecule has 2 amide bonds. The number of carbonyl (C=O) groups is 2. The molecule has 2 aliphatic carbocycles. The molecule has 2 aromatic heterocycles. The van der Waals surface area contributed by atoms with Gasteiger partial charge in [-0.05, 0) is 76.1 Å². The zero-order valence-electron chi connectivity index (χ0n) is 29.2. The Bertz CT molecular complexity index is 2020. The molecule has 50 heavy (non-hydrogen) atoms. The van der Waals surface area contributed by atoms with Crippen molar-refractivity contribution >= 4 is 22.8 Å². The Morgan fingerprint density at radius 3 is 2.22 bits per heavy atom. The second-order valence-electron chi connectivity index (χ2n) is 15.2. The fourth-order valence-corrected chi connectivity index (χ4v) is 8.14. The van der Waals surface area contributed by atoms with Crippen LogP contribution in [0.5, 0.6) is 0 Å². The van der Waals surface area contributed by atoms with Crippen LogP contribution in [-0.4, -0.2) is 56.5 Å². The molecule has 0 unspecified atom stereocenters. The number of amides is 2. The number of carbonyl (C=O) groups excluding carboxylic acids is 2. The van der Waals surface area contributed by atoms with E-state index in [1.54, 1.807) is 0 Å². The lowest BCUT2D eigenvalue weighted by Gasteiger charge is -2.30. The Kier molecular flexibility index (Phi) is 8.45. The van der Waals surface area contributed by atoms with Gasteiger partial charge in [0.05, 0.1) is 36.9 Å². The van der Waals surface area contributed by atoms with Gasteiger partial charge in [0.15, 0.2) is 0 Å². The molecule has 3 N–H and O–H groups in total. The van der Waals surface area contributed by atoms with Crippen molar-refractivity contribution in [1.29, 1.82) is 0 Å². The number of benzene rings is 3. The molecule has 5 aromatic rings. The second kappa shape index (κ2) is 13.1. The fraction of sp³-hybridized carbons (Fsp3) is 0.415. The molecular weight excluding hydrogens is 624 g/mol. The summed E-state index contributed by atoms with van der Waals surface area (Å²) in [6.07, 6.45) is 12.7. The van der Waals surface area contributed by atoms with Gasteiger partial charge >= 0.3 is 6.09 Å². The van der Waals surface area contributed by atoms with Crippen molar-refractivity contribution in [3.63, 3.8) is 0 Å². The van der Waals surface area contributed by atoms with Gasteiger partial charge in [0, 0.05) is 18.5 Å². The summed E-state index contributed by atoms with van der Waals surface area (Å²) in [5.41, 5.74) is 6.66. The van der Waals surface area contributed by atoms with E-state index in [2.05, 4.69) is 80.9 Å². The van der Waals surface area contributed by atoms with Crippen LogP contribution in [0.4, 0.5) is 4.79 Å². The lowest BCUT2D eigenvalue weighted by atomic mass is 9.98. The number of methoxy groups -OCH3 is 1. The molecule has 3 aliphatic rings. The van der Waals surface area contributed by atoms with Crippen LogP contribution in [0.2, 0.25) is 0 Å². The third-order valence-electron chi connectivity index (χ3n) is 11.3. The van der Waals surface area contributed by atoms with Gasteiger partial charge in [-0.15, -0.1) is 0 Å². The topological polar surface area (TPSA) is 116 Å². The van der Waals surface area contributed by atoms with E-state index in [0.717, 1.165) is 76.9 Å². The number of nitrogens with one attached hydrogen (secondary N) is 3. The van der Waals surface area contributed by atoms with Crippen LogP contribution >= 0.6 is 0 Å². The molecule has 3 heterocycles. The number of hydrogen-bond donors (Lipinski definition) is 3. The third kappa shape index (κ3) is 6.41. The van der Waals surface area contributed by atoms with Gasteiger partial charge in [0.25, 0.3) is 0 Å². The monoisotopic (exact) mass is 670 g/mol. The van der Waals surface area contributed by atoms with Crippen molar-refractivity contribution in [2.45, 2.75) is 77.3 Å². The number of ether oxygens (including phenoxy) is 1. The predicted molar refractivity (Wildman–Crippen MR) is 195 cm³/mol. The molecule has 258 valence electrons. The van der Waals surface area contributed by atoms with Crippen LogP contribution in [0.1, 0.15) is 76.5 Å². The number of aromatic nitrogens is 4. The molecule has 1 aliphatic heterocycles. The largest absolute Gasteiger partial charge is 0.453 e. The summed E-state index contributed by atoms with van der Waals surface area (Å²) in [4.78, 5) is 44.4. The zero-order chi connectivity index (χ0) is 34.4. The molecule has 9 nitrogen and oxygen atoms in total. The second-order valence-corrected chi connectivity index (χ2v) is 15.2. The number of likely N-dealkylation sites (tertiary alicyclic amines) is 1. The molecule has 9 heteroatoms. The van der Waals surface area contributed by atoms with E-state index in [4.69, 9.17) is 9.72 Å². The molecule has 1 saturated heterocycles. The number of rotatable bonds is 9. The molecule has 2 saturated carbocycles. The zero-order valence-corrected chi connectivity index (χ0v) is 29.2. The van der Waals surface area contributed by atoms with Crippen molar-refractivity contribution in [2.24, 2.45) is 17.3 Å². The first-order valence-electron chi connectivity index (χ1n) is 18.2. The summed E-state index contributed by atoms with van der Waals surface area (Å²) in [5, 5.41) is 5.16. The minimum Gasteiger partial charge on any atom is -0.453 e. The highest BCUT2D eigenvalue weighted by atomic mass is 16.5. The van der Waals surface area contributed by atoms with Gasteiger partial charge in [-0.1, -0.05) is 88.1 Å². The summed E-state index contributed by atoms with van der Waals surface area (Å²) in [6, 6.07) is 21.0. The summed E-state index contributed by atoms with van der Waals surface area (Å²) >= 11 is 0. The first-order chi connectivity index (χ1) is 24.3. The maximum Gasteiger partial charge on any atom is 0.407 e.